The number of H-pyrrole nitrogens is 1. The quantitative estimate of drug-likeness (QED) is 0.604. The van der Waals surface area contributed by atoms with Gasteiger partial charge in [-0.05, 0) is 24.3 Å². The molecule has 7 nitrogen and oxygen atoms in total. The van der Waals surface area contributed by atoms with Gasteiger partial charge in [-0.1, -0.05) is 18.2 Å². The predicted octanol–water partition coefficient (Wildman–Crippen LogP) is 2.51. The fourth-order valence-electron chi connectivity index (χ4n) is 3.85. The second-order valence-electron chi connectivity index (χ2n) is 6.77. The molecule has 0 radical (unpaired) electrons. The molecule has 5 rings (SSSR count). The maximum Gasteiger partial charge on any atom is 0.420 e. The fourth-order valence-corrected chi connectivity index (χ4v) is 3.85. The highest BCUT2D eigenvalue weighted by Crippen LogP contribution is 2.30. The van der Waals surface area contributed by atoms with Gasteiger partial charge in [-0.25, -0.2) is 9.78 Å². The SMILES string of the molecule is O=c1oc2ccccc2n1C[C@H]1c2nc[nH]c2CCN1Cc1ccccn1. The number of nitrogens with zero attached hydrogens (tertiary/aromatic N) is 4. The van der Waals surface area contributed by atoms with Crippen LogP contribution in [0.15, 0.2) is 64.2 Å². The van der Waals surface area contributed by atoms with Gasteiger partial charge >= 0.3 is 5.76 Å². The van der Waals surface area contributed by atoms with Crippen molar-refractivity contribution in [3.8, 4) is 0 Å². The Balaban J connectivity index is 1.54. The number of benzene rings is 1. The zero-order valence-electron chi connectivity index (χ0n) is 14.7. The Morgan fingerprint density at radius 2 is 2.04 bits per heavy atom. The van der Waals surface area contributed by atoms with Crippen molar-refractivity contribution in [1.82, 2.24) is 24.4 Å². The number of para-hydroxylation sites is 2. The molecule has 3 aromatic heterocycles. The molecule has 4 aromatic rings. The minimum atomic E-state index is -0.336. The topological polar surface area (TPSA) is 80.0 Å². The lowest BCUT2D eigenvalue weighted by Gasteiger charge is -2.34. The molecule has 0 unspecified atom stereocenters. The van der Waals surface area contributed by atoms with E-state index in [2.05, 4.69) is 19.9 Å². The summed E-state index contributed by atoms with van der Waals surface area (Å²) in [6, 6.07) is 13.4. The summed E-state index contributed by atoms with van der Waals surface area (Å²) in [5.74, 6) is -0.336. The summed E-state index contributed by atoms with van der Waals surface area (Å²) in [5, 5.41) is 0. The van der Waals surface area contributed by atoms with Crippen LogP contribution in [0.25, 0.3) is 11.1 Å². The molecular formula is C20H19N5O2. The first-order valence-electron chi connectivity index (χ1n) is 9.04. The average Bonchev–Trinajstić information content (AvgIpc) is 3.29. The number of pyridine rings is 1. The van der Waals surface area contributed by atoms with Gasteiger partial charge in [0.25, 0.3) is 0 Å². The van der Waals surface area contributed by atoms with E-state index in [1.807, 2.05) is 48.7 Å². The molecule has 0 saturated heterocycles. The number of hydrogen-bond donors (Lipinski definition) is 1. The van der Waals surface area contributed by atoms with Crippen LogP contribution in [0, 0.1) is 0 Å². The Labute approximate surface area is 155 Å². The molecule has 0 spiro atoms. The molecule has 0 fully saturated rings. The third-order valence-corrected chi connectivity index (χ3v) is 5.18. The van der Waals surface area contributed by atoms with Crippen LogP contribution in [-0.2, 0) is 19.5 Å². The van der Waals surface area contributed by atoms with Crippen molar-refractivity contribution in [3.63, 3.8) is 0 Å². The molecule has 27 heavy (non-hydrogen) atoms. The molecule has 1 N–H and O–H groups in total. The normalized spacial score (nSPS) is 17.3. The number of hydrogen-bond acceptors (Lipinski definition) is 5. The number of oxazole rings is 1. The van der Waals surface area contributed by atoms with Crippen LogP contribution >= 0.6 is 0 Å². The molecule has 0 saturated carbocycles. The van der Waals surface area contributed by atoms with Gasteiger partial charge in [-0.3, -0.25) is 14.5 Å². The molecule has 0 bridgehead atoms. The summed E-state index contributed by atoms with van der Waals surface area (Å²) < 4.78 is 7.12. The summed E-state index contributed by atoms with van der Waals surface area (Å²) in [6.07, 6.45) is 4.44. The third kappa shape index (κ3) is 2.86. The maximum atomic E-state index is 12.5. The highest BCUT2D eigenvalue weighted by atomic mass is 16.4. The Kier molecular flexibility index (Phi) is 3.86. The highest BCUT2D eigenvalue weighted by Gasteiger charge is 2.31. The van der Waals surface area contributed by atoms with Gasteiger partial charge < -0.3 is 9.40 Å². The zero-order valence-corrected chi connectivity index (χ0v) is 14.7. The second-order valence-corrected chi connectivity index (χ2v) is 6.77. The Morgan fingerprint density at radius 3 is 2.93 bits per heavy atom. The molecule has 1 aliphatic heterocycles. The van der Waals surface area contributed by atoms with Crippen molar-refractivity contribution >= 4 is 11.1 Å². The number of aromatic nitrogens is 4. The fraction of sp³-hybridized carbons (Fsp3) is 0.250. The maximum absolute atomic E-state index is 12.5. The molecule has 1 atom stereocenters. The van der Waals surface area contributed by atoms with Gasteiger partial charge in [0.05, 0.1) is 35.8 Å². The molecule has 1 aliphatic rings. The van der Waals surface area contributed by atoms with E-state index in [1.165, 1.54) is 0 Å². The molecule has 7 heteroatoms. The van der Waals surface area contributed by atoms with Gasteiger partial charge in [-0.15, -0.1) is 0 Å². The molecule has 0 amide bonds. The minimum Gasteiger partial charge on any atom is -0.408 e. The predicted molar refractivity (Wildman–Crippen MR) is 100 cm³/mol. The highest BCUT2D eigenvalue weighted by molar-refractivity contribution is 5.72. The van der Waals surface area contributed by atoms with Gasteiger partial charge in [0.1, 0.15) is 0 Å². The van der Waals surface area contributed by atoms with Crippen molar-refractivity contribution in [2.24, 2.45) is 0 Å². The van der Waals surface area contributed by atoms with Crippen molar-refractivity contribution in [1.29, 1.82) is 0 Å². The van der Waals surface area contributed by atoms with Gasteiger partial charge in [-0.2, -0.15) is 0 Å². The van der Waals surface area contributed by atoms with Crippen molar-refractivity contribution in [2.45, 2.75) is 25.6 Å². The van der Waals surface area contributed by atoms with Crippen molar-refractivity contribution in [2.75, 3.05) is 6.54 Å². The first kappa shape index (κ1) is 16.0. The van der Waals surface area contributed by atoms with Crippen LogP contribution in [0.2, 0.25) is 0 Å². The first-order valence-corrected chi connectivity index (χ1v) is 9.04. The summed E-state index contributed by atoms with van der Waals surface area (Å²) >= 11 is 0. The van der Waals surface area contributed by atoms with Gasteiger partial charge in [0, 0.05) is 31.4 Å². The van der Waals surface area contributed by atoms with Crippen LogP contribution in [0.5, 0.6) is 0 Å². The smallest absolute Gasteiger partial charge is 0.408 e. The van der Waals surface area contributed by atoms with E-state index in [0.29, 0.717) is 18.7 Å². The lowest BCUT2D eigenvalue weighted by atomic mass is 10.0. The van der Waals surface area contributed by atoms with Crippen LogP contribution in [0.3, 0.4) is 0 Å². The average molecular weight is 361 g/mol. The third-order valence-electron chi connectivity index (χ3n) is 5.18. The lowest BCUT2D eigenvalue weighted by molar-refractivity contribution is 0.151. The first-order chi connectivity index (χ1) is 13.3. The van der Waals surface area contributed by atoms with E-state index >= 15 is 0 Å². The van der Waals surface area contributed by atoms with E-state index in [9.17, 15) is 4.79 Å². The lowest BCUT2D eigenvalue weighted by Crippen LogP contribution is -2.38. The summed E-state index contributed by atoms with van der Waals surface area (Å²) in [4.78, 5) is 27.1. The largest absolute Gasteiger partial charge is 0.420 e. The van der Waals surface area contributed by atoms with E-state index in [1.54, 1.807) is 10.9 Å². The molecule has 1 aromatic carbocycles. The monoisotopic (exact) mass is 361 g/mol. The number of fused-ring (bicyclic) bond motifs is 2. The van der Waals surface area contributed by atoms with Crippen LogP contribution in [0.1, 0.15) is 23.1 Å². The number of imidazole rings is 1. The molecular weight excluding hydrogens is 342 g/mol. The Bertz CT molecular complexity index is 1130. The summed E-state index contributed by atoms with van der Waals surface area (Å²) in [5.41, 5.74) is 4.55. The van der Waals surface area contributed by atoms with Crippen LogP contribution in [-0.4, -0.2) is 31.0 Å². The number of rotatable bonds is 4. The second kappa shape index (κ2) is 6.51. The van der Waals surface area contributed by atoms with Crippen molar-refractivity contribution in [3.05, 3.63) is 82.6 Å². The Hall–Kier alpha value is -3.19. The molecule has 4 heterocycles. The van der Waals surface area contributed by atoms with Gasteiger partial charge in [0.15, 0.2) is 5.58 Å². The van der Waals surface area contributed by atoms with E-state index in [-0.39, 0.29) is 11.8 Å². The summed E-state index contributed by atoms with van der Waals surface area (Å²) in [6.45, 7) is 2.07. The Morgan fingerprint density at radius 1 is 1.15 bits per heavy atom. The minimum absolute atomic E-state index is 0.0271. The van der Waals surface area contributed by atoms with E-state index in [4.69, 9.17) is 4.42 Å². The molecule has 0 aliphatic carbocycles. The van der Waals surface area contributed by atoms with Crippen LogP contribution < -0.4 is 5.76 Å². The standard InChI is InChI=1S/C20H19N5O2/c26-20-25(16-6-1-2-7-18(16)27-20)12-17-19-15(22-13-23-19)8-10-24(17)11-14-5-3-4-9-21-14/h1-7,9,13,17H,8,10-12H2,(H,22,23)/t17-/m0/s1. The van der Waals surface area contributed by atoms with Crippen molar-refractivity contribution < 1.29 is 4.42 Å². The number of nitrogens with one attached hydrogen (secondary N) is 1. The molecule has 136 valence electrons. The number of aromatic amines is 1. The van der Waals surface area contributed by atoms with E-state index in [0.717, 1.165) is 35.6 Å². The van der Waals surface area contributed by atoms with Crippen LogP contribution in [0.4, 0.5) is 0 Å². The summed E-state index contributed by atoms with van der Waals surface area (Å²) in [7, 11) is 0. The zero-order chi connectivity index (χ0) is 18.2. The van der Waals surface area contributed by atoms with E-state index < -0.39 is 0 Å². The van der Waals surface area contributed by atoms with Gasteiger partial charge in [0.2, 0.25) is 0 Å².